The van der Waals surface area contributed by atoms with E-state index < -0.39 is 0 Å². The highest BCUT2D eigenvalue weighted by Gasteiger charge is 2.28. The predicted octanol–water partition coefficient (Wildman–Crippen LogP) is 2.37. The first kappa shape index (κ1) is 15.9. The van der Waals surface area contributed by atoms with E-state index in [0.29, 0.717) is 23.1 Å². The Morgan fingerprint density at radius 2 is 2.12 bits per heavy atom. The number of benzene rings is 1. The molecule has 1 N–H and O–H groups in total. The number of carbonyl (C=O) groups is 1. The zero-order valence-corrected chi connectivity index (χ0v) is 13.4. The molecule has 0 spiro atoms. The number of hydrogen-bond acceptors (Lipinski definition) is 5. The second-order valence-electron chi connectivity index (χ2n) is 5.36. The van der Waals surface area contributed by atoms with Crippen molar-refractivity contribution in [2.45, 2.75) is 18.8 Å². The molecule has 1 saturated carbocycles. The van der Waals surface area contributed by atoms with Crippen LogP contribution in [-0.4, -0.2) is 31.3 Å². The average Bonchev–Trinajstić information content (AvgIpc) is 3.35. The normalized spacial score (nSPS) is 12.9. The van der Waals surface area contributed by atoms with Crippen molar-refractivity contribution in [2.24, 2.45) is 0 Å². The van der Waals surface area contributed by atoms with E-state index in [4.69, 9.17) is 14.0 Å². The largest absolute Gasteiger partial charge is 0.493 e. The standard InChI is InChI=1S/C18H18N2O4/c1-22-15-6-2-3-7-16(15)23-11-5-4-10-19-18(21)14-12-17(24-20-14)13-8-9-13/h2-3,6-7,12-13H,8-11H2,1H3,(H,19,21). The van der Waals surface area contributed by atoms with Gasteiger partial charge in [0.05, 0.1) is 13.7 Å². The van der Waals surface area contributed by atoms with Crippen LogP contribution in [0.4, 0.5) is 0 Å². The van der Waals surface area contributed by atoms with Crippen molar-refractivity contribution in [1.29, 1.82) is 0 Å². The Bertz CT molecular complexity index is 769. The molecule has 3 rings (SSSR count). The monoisotopic (exact) mass is 326 g/mol. The number of rotatable bonds is 6. The van der Waals surface area contributed by atoms with Crippen molar-refractivity contribution in [2.75, 3.05) is 20.3 Å². The van der Waals surface area contributed by atoms with E-state index in [1.165, 1.54) is 0 Å². The van der Waals surface area contributed by atoms with Gasteiger partial charge in [0.1, 0.15) is 12.4 Å². The minimum Gasteiger partial charge on any atom is -0.493 e. The Kier molecular flexibility index (Phi) is 5.02. The lowest BCUT2D eigenvalue weighted by molar-refractivity contribution is 0.0949. The summed E-state index contributed by atoms with van der Waals surface area (Å²) in [7, 11) is 1.59. The van der Waals surface area contributed by atoms with Gasteiger partial charge in [0.2, 0.25) is 0 Å². The zero-order chi connectivity index (χ0) is 16.8. The van der Waals surface area contributed by atoms with Crippen LogP contribution in [0.1, 0.15) is 35.0 Å². The lowest BCUT2D eigenvalue weighted by atomic mass is 10.3. The molecule has 2 aromatic rings. The average molecular weight is 326 g/mol. The molecule has 1 amide bonds. The highest BCUT2D eigenvalue weighted by Crippen LogP contribution is 2.40. The van der Waals surface area contributed by atoms with Gasteiger partial charge >= 0.3 is 0 Å². The first-order valence-corrected chi connectivity index (χ1v) is 7.74. The van der Waals surface area contributed by atoms with Gasteiger partial charge in [-0.1, -0.05) is 29.1 Å². The maximum atomic E-state index is 11.9. The molecule has 6 heteroatoms. The van der Waals surface area contributed by atoms with Crippen LogP contribution >= 0.6 is 0 Å². The second-order valence-corrected chi connectivity index (χ2v) is 5.36. The van der Waals surface area contributed by atoms with Gasteiger partial charge in [-0.25, -0.2) is 0 Å². The summed E-state index contributed by atoms with van der Waals surface area (Å²) in [6.07, 6.45) is 2.21. The topological polar surface area (TPSA) is 73.6 Å². The fourth-order valence-electron chi connectivity index (χ4n) is 2.14. The van der Waals surface area contributed by atoms with Crippen LogP contribution in [0, 0.1) is 11.8 Å². The van der Waals surface area contributed by atoms with E-state index in [1.807, 2.05) is 24.3 Å². The minimum absolute atomic E-state index is 0.214. The highest BCUT2D eigenvalue weighted by atomic mass is 16.5. The third-order valence-electron chi connectivity index (χ3n) is 3.57. The number of para-hydroxylation sites is 2. The molecule has 0 saturated heterocycles. The summed E-state index contributed by atoms with van der Waals surface area (Å²) in [5, 5.41) is 6.45. The Hall–Kier alpha value is -2.94. The molecule has 0 bridgehead atoms. The van der Waals surface area contributed by atoms with E-state index in [-0.39, 0.29) is 19.1 Å². The lowest BCUT2D eigenvalue weighted by Crippen LogP contribution is -2.23. The van der Waals surface area contributed by atoms with Crippen LogP contribution < -0.4 is 14.8 Å². The third-order valence-corrected chi connectivity index (χ3v) is 3.57. The Morgan fingerprint density at radius 1 is 1.33 bits per heavy atom. The van der Waals surface area contributed by atoms with Crippen LogP contribution in [0.5, 0.6) is 11.5 Å². The van der Waals surface area contributed by atoms with Crippen LogP contribution in [0.15, 0.2) is 34.9 Å². The zero-order valence-electron chi connectivity index (χ0n) is 13.4. The van der Waals surface area contributed by atoms with Gasteiger partial charge in [-0.2, -0.15) is 0 Å². The van der Waals surface area contributed by atoms with Gasteiger partial charge in [-0.15, -0.1) is 0 Å². The van der Waals surface area contributed by atoms with Crippen LogP contribution in [0.3, 0.4) is 0 Å². The van der Waals surface area contributed by atoms with Crippen molar-refractivity contribution < 1.29 is 18.8 Å². The first-order valence-electron chi connectivity index (χ1n) is 7.74. The number of nitrogens with zero attached hydrogens (tertiary/aromatic N) is 1. The van der Waals surface area contributed by atoms with Gasteiger partial charge in [0, 0.05) is 12.0 Å². The number of methoxy groups -OCH3 is 1. The molecular formula is C18H18N2O4. The maximum Gasteiger partial charge on any atom is 0.274 e. The fourth-order valence-corrected chi connectivity index (χ4v) is 2.14. The Morgan fingerprint density at radius 3 is 2.88 bits per heavy atom. The molecule has 6 nitrogen and oxygen atoms in total. The SMILES string of the molecule is COc1ccccc1OCC#CCNC(=O)c1cc(C2CC2)on1. The van der Waals surface area contributed by atoms with Gasteiger partial charge < -0.3 is 19.3 Å². The van der Waals surface area contributed by atoms with Gasteiger partial charge in [-0.05, 0) is 25.0 Å². The third kappa shape index (κ3) is 4.07. The van der Waals surface area contributed by atoms with Crippen molar-refractivity contribution in [1.82, 2.24) is 10.5 Å². The number of ether oxygens (including phenoxy) is 2. The predicted molar refractivity (Wildman–Crippen MR) is 87.1 cm³/mol. The van der Waals surface area contributed by atoms with Crippen molar-refractivity contribution in [3.05, 3.63) is 41.8 Å². The number of aromatic nitrogens is 1. The van der Waals surface area contributed by atoms with Crippen molar-refractivity contribution >= 4 is 5.91 Å². The van der Waals surface area contributed by atoms with Crippen LogP contribution in [-0.2, 0) is 0 Å². The summed E-state index contributed by atoms with van der Waals surface area (Å²) in [5.41, 5.74) is 0.295. The van der Waals surface area contributed by atoms with E-state index >= 15 is 0 Å². The molecule has 0 radical (unpaired) electrons. The van der Waals surface area contributed by atoms with Crippen molar-refractivity contribution in [3.63, 3.8) is 0 Å². The second kappa shape index (κ2) is 7.55. The van der Waals surface area contributed by atoms with E-state index in [0.717, 1.165) is 18.6 Å². The quantitative estimate of drug-likeness (QED) is 0.825. The summed E-state index contributed by atoms with van der Waals surface area (Å²) in [4.78, 5) is 11.9. The summed E-state index contributed by atoms with van der Waals surface area (Å²) in [6.45, 7) is 0.436. The smallest absolute Gasteiger partial charge is 0.274 e. The summed E-state index contributed by atoms with van der Waals surface area (Å²) in [6, 6.07) is 9.05. The molecule has 0 unspecified atom stereocenters. The Labute approximate surface area is 140 Å². The molecule has 1 aromatic heterocycles. The summed E-state index contributed by atoms with van der Waals surface area (Å²) in [5.74, 6) is 7.90. The molecule has 1 heterocycles. The van der Waals surface area contributed by atoms with E-state index in [9.17, 15) is 4.79 Å². The molecule has 0 atom stereocenters. The molecule has 0 aliphatic heterocycles. The van der Waals surface area contributed by atoms with Crippen LogP contribution in [0.25, 0.3) is 0 Å². The van der Waals surface area contributed by atoms with E-state index in [2.05, 4.69) is 22.3 Å². The first-order chi connectivity index (χ1) is 11.8. The number of carbonyl (C=O) groups excluding carboxylic acids is 1. The molecule has 1 aliphatic carbocycles. The maximum absolute atomic E-state index is 11.9. The molecule has 1 aliphatic rings. The molecule has 124 valence electrons. The summed E-state index contributed by atoms with van der Waals surface area (Å²) < 4.78 is 15.8. The highest BCUT2D eigenvalue weighted by molar-refractivity contribution is 5.92. The lowest BCUT2D eigenvalue weighted by Gasteiger charge is -2.07. The molecular weight excluding hydrogens is 308 g/mol. The van der Waals surface area contributed by atoms with Crippen LogP contribution in [0.2, 0.25) is 0 Å². The molecule has 1 fully saturated rings. The van der Waals surface area contributed by atoms with Gasteiger partial charge in [-0.3, -0.25) is 4.79 Å². The summed E-state index contributed by atoms with van der Waals surface area (Å²) >= 11 is 0. The minimum atomic E-state index is -0.286. The van der Waals surface area contributed by atoms with Gasteiger partial charge in [0.15, 0.2) is 17.2 Å². The molecule has 24 heavy (non-hydrogen) atoms. The number of amides is 1. The van der Waals surface area contributed by atoms with E-state index in [1.54, 1.807) is 13.2 Å². The van der Waals surface area contributed by atoms with Gasteiger partial charge in [0.25, 0.3) is 5.91 Å². The van der Waals surface area contributed by atoms with Crippen molar-refractivity contribution in [3.8, 4) is 23.3 Å². The number of hydrogen-bond donors (Lipinski definition) is 1. The number of nitrogens with one attached hydrogen (secondary N) is 1. The molecule has 1 aromatic carbocycles. The fraction of sp³-hybridized carbons (Fsp3) is 0.333. The Balaban J connectivity index is 1.41.